The smallest absolute Gasteiger partial charge is 0.345 e. The van der Waals surface area contributed by atoms with Crippen LogP contribution in [0.5, 0.6) is 0 Å². The number of hydrogen-bond donors (Lipinski definition) is 0. The molecule has 1 fully saturated rings. The van der Waals surface area contributed by atoms with Crippen LogP contribution in [0.2, 0.25) is 5.02 Å². The first-order valence-corrected chi connectivity index (χ1v) is 10.5. The van der Waals surface area contributed by atoms with Gasteiger partial charge in [0.15, 0.2) is 11.6 Å². The molecule has 0 amide bonds. The van der Waals surface area contributed by atoms with E-state index in [4.69, 9.17) is 11.6 Å². The summed E-state index contributed by atoms with van der Waals surface area (Å²) in [7, 11) is 0. The highest BCUT2D eigenvalue weighted by Gasteiger charge is 2.36. The molecular formula is C22H13ClF4N6O3. The number of anilines is 1. The zero-order valence-corrected chi connectivity index (χ0v) is 18.7. The summed E-state index contributed by atoms with van der Waals surface area (Å²) in [5.41, 5.74) is -3.48. The predicted octanol–water partition coefficient (Wildman–Crippen LogP) is 2.82. The van der Waals surface area contributed by atoms with Crippen molar-refractivity contribution >= 4 is 17.4 Å². The summed E-state index contributed by atoms with van der Waals surface area (Å²) in [6, 6.07) is 6.09. The summed E-state index contributed by atoms with van der Waals surface area (Å²) in [5, 5.41) is 18.7. The maximum Gasteiger partial charge on any atom is 0.345 e. The second-order valence-electron chi connectivity index (χ2n) is 7.58. The summed E-state index contributed by atoms with van der Waals surface area (Å²) in [5.74, 6) is -3.09. The average Bonchev–Trinajstić information content (AvgIpc) is 2.79. The average molecular weight is 521 g/mol. The molecule has 0 unspecified atom stereocenters. The number of aromatic nitrogens is 3. The van der Waals surface area contributed by atoms with Gasteiger partial charge < -0.3 is 9.64 Å². The molecule has 1 saturated heterocycles. The van der Waals surface area contributed by atoms with Gasteiger partial charge in [-0.05, 0) is 23.8 Å². The molecule has 0 atom stereocenters. The third-order valence-corrected chi connectivity index (χ3v) is 5.58. The van der Waals surface area contributed by atoms with Crippen molar-refractivity contribution in [1.82, 2.24) is 14.1 Å². The van der Waals surface area contributed by atoms with Crippen LogP contribution in [-0.2, 0) is 11.3 Å². The van der Waals surface area contributed by atoms with E-state index in [9.17, 15) is 37.7 Å². The van der Waals surface area contributed by atoms with Crippen molar-refractivity contribution in [3.8, 4) is 29.0 Å². The van der Waals surface area contributed by atoms with Gasteiger partial charge in [-0.25, -0.2) is 18.1 Å². The van der Waals surface area contributed by atoms with Crippen LogP contribution in [-0.4, -0.2) is 39.9 Å². The van der Waals surface area contributed by atoms with Crippen LogP contribution in [0.15, 0.2) is 40.2 Å². The molecule has 0 saturated carbocycles. The van der Waals surface area contributed by atoms with Crippen molar-refractivity contribution in [2.24, 2.45) is 0 Å². The largest absolute Gasteiger partial charge is 0.352 e. The number of pyridine rings is 1. The molecule has 1 aliphatic heterocycles. The summed E-state index contributed by atoms with van der Waals surface area (Å²) in [6.07, 6.45) is 1.44. The maximum absolute atomic E-state index is 14.4. The van der Waals surface area contributed by atoms with Crippen molar-refractivity contribution in [2.75, 3.05) is 18.0 Å². The van der Waals surface area contributed by atoms with Crippen LogP contribution < -0.4 is 16.1 Å². The van der Waals surface area contributed by atoms with Gasteiger partial charge in [0.05, 0.1) is 40.2 Å². The second-order valence-corrected chi connectivity index (χ2v) is 8.02. The lowest BCUT2D eigenvalue weighted by atomic mass is 10.0. The molecule has 0 bridgehead atoms. The Morgan fingerprint density at radius 2 is 1.89 bits per heavy atom. The molecule has 2 aromatic heterocycles. The summed E-state index contributed by atoms with van der Waals surface area (Å²) >= 11 is 5.96. The molecule has 1 aromatic carbocycles. The molecule has 3 heterocycles. The number of nitriles is 2. The highest BCUT2D eigenvalue weighted by atomic mass is 35.5. The van der Waals surface area contributed by atoms with Crippen LogP contribution in [0, 0.1) is 34.3 Å². The van der Waals surface area contributed by atoms with Gasteiger partial charge in [0, 0.05) is 19.3 Å². The van der Waals surface area contributed by atoms with Crippen molar-refractivity contribution in [3.63, 3.8) is 0 Å². The van der Waals surface area contributed by atoms with Gasteiger partial charge in [-0.3, -0.25) is 14.3 Å². The van der Waals surface area contributed by atoms with Gasteiger partial charge in [0.1, 0.15) is 18.4 Å². The lowest BCUT2D eigenvalue weighted by Gasteiger charge is -2.41. The molecule has 14 heteroatoms. The van der Waals surface area contributed by atoms with Crippen molar-refractivity contribution in [3.05, 3.63) is 73.7 Å². The van der Waals surface area contributed by atoms with E-state index in [1.165, 1.54) is 23.2 Å². The molecular weight excluding hydrogens is 508 g/mol. The molecule has 184 valence electrons. The van der Waals surface area contributed by atoms with Gasteiger partial charge in [-0.1, -0.05) is 11.6 Å². The Kier molecular flexibility index (Phi) is 6.79. The van der Waals surface area contributed by atoms with E-state index in [2.05, 4.69) is 9.72 Å². The van der Waals surface area contributed by atoms with Gasteiger partial charge >= 0.3 is 12.3 Å². The van der Waals surface area contributed by atoms with E-state index >= 15 is 0 Å². The zero-order chi connectivity index (χ0) is 26.1. The Bertz CT molecular complexity index is 1550. The van der Waals surface area contributed by atoms with Gasteiger partial charge in [0.2, 0.25) is 0 Å². The highest BCUT2D eigenvalue weighted by molar-refractivity contribution is 6.30. The fourth-order valence-corrected chi connectivity index (χ4v) is 4.01. The molecule has 9 nitrogen and oxygen atoms in total. The Morgan fingerprint density at radius 1 is 1.17 bits per heavy atom. The molecule has 0 N–H and O–H groups in total. The fourth-order valence-electron chi connectivity index (χ4n) is 3.84. The minimum atomic E-state index is -3.06. The van der Waals surface area contributed by atoms with E-state index in [0.717, 1.165) is 16.8 Å². The summed E-state index contributed by atoms with van der Waals surface area (Å²) < 4.78 is 59.7. The first-order chi connectivity index (χ1) is 17.2. The minimum absolute atomic E-state index is 0.0746. The van der Waals surface area contributed by atoms with E-state index in [0.29, 0.717) is 10.6 Å². The zero-order valence-electron chi connectivity index (χ0n) is 18.0. The molecule has 3 aromatic rings. The molecule has 4 rings (SSSR count). The Balaban J connectivity index is 2.06. The third-order valence-electron chi connectivity index (χ3n) is 5.38. The monoisotopic (exact) mass is 520 g/mol. The number of alkyl halides is 2. The first-order valence-electron chi connectivity index (χ1n) is 10.1. The SMILES string of the molecule is N#CCn1c(N2CC(OC(F)F)C2)c(-c2cc(F)c(F)c(C#N)c2)c(=O)n(-c2cncc(Cl)c2)c1=O. The van der Waals surface area contributed by atoms with Crippen molar-refractivity contribution in [2.45, 2.75) is 19.3 Å². The molecule has 1 aliphatic rings. The second kappa shape index (κ2) is 9.81. The van der Waals surface area contributed by atoms with Crippen LogP contribution in [0.4, 0.5) is 23.4 Å². The fraction of sp³-hybridized carbons (Fsp3) is 0.227. The van der Waals surface area contributed by atoms with Crippen LogP contribution >= 0.6 is 11.6 Å². The number of rotatable bonds is 6. The predicted molar refractivity (Wildman–Crippen MR) is 118 cm³/mol. The molecule has 0 spiro atoms. The normalized spacial score (nSPS) is 13.4. The lowest BCUT2D eigenvalue weighted by Crippen LogP contribution is -2.56. The standard InChI is InChI=1S/C22H13ClF4N6O3/c23-13-5-14(8-30-7-13)33-20(34)17(11-3-12(6-29)18(25)16(24)4-11)19(32(2-1-28)22(33)35)31-9-15(10-31)36-21(26)27/h3-5,7-8,15,21H,2,9-10H2. The van der Waals surface area contributed by atoms with Gasteiger partial charge in [-0.2, -0.15) is 19.3 Å². The number of ether oxygens (including phenoxy) is 1. The quantitative estimate of drug-likeness (QED) is 0.459. The van der Waals surface area contributed by atoms with Crippen molar-refractivity contribution in [1.29, 1.82) is 10.5 Å². The maximum atomic E-state index is 14.4. The Morgan fingerprint density at radius 3 is 2.50 bits per heavy atom. The van der Waals surface area contributed by atoms with E-state index in [1.54, 1.807) is 6.07 Å². The number of benzene rings is 1. The van der Waals surface area contributed by atoms with Gasteiger partial charge in [-0.15, -0.1) is 0 Å². The first kappa shape index (κ1) is 24.9. The molecule has 0 radical (unpaired) electrons. The number of nitrogens with zero attached hydrogens (tertiary/aromatic N) is 6. The highest BCUT2D eigenvalue weighted by Crippen LogP contribution is 2.33. The topological polar surface area (TPSA) is 117 Å². The summed E-state index contributed by atoms with van der Waals surface area (Å²) in [6.45, 7) is -4.05. The molecule has 0 aliphatic carbocycles. The molecule has 36 heavy (non-hydrogen) atoms. The van der Waals surface area contributed by atoms with Crippen LogP contribution in [0.3, 0.4) is 0 Å². The summed E-state index contributed by atoms with van der Waals surface area (Å²) in [4.78, 5) is 32.2. The Hall–Kier alpha value is -4.20. The Labute approximate surface area is 204 Å². The lowest BCUT2D eigenvalue weighted by molar-refractivity contribution is -0.167. The number of halogens is 5. The van der Waals surface area contributed by atoms with Crippen LogP contribution in [0.25, 0.3) is 16.8 Å². The van der Waals surface area contributed by atoms with Gasteiger partial charge in [0.25, 0.3) is 5.56 Å². The van der Waals surface area contributed by atoms with E-state index in [-0.39, 0.29) is 40.7 Å². The minimum Gasteiger partial charge on any atom is -0.352 e. The number of hydrogen-bond acceptors (Lipinski definition) is 7. The van der Waals surface area contributed by atoms with E-state index < -0.39 is 47.7 Å². The van der Waals surface area contributed by atoms with Crippen LogP contribution in [0.1, 0.15) is 5.56 Å². The van der Waals surface area contributed by atoms with Crippen molar-refractivity contribution < 1.29 is 22.3 Å². The van der Waals surface area contributed by atoms with E-state index in [1.807, 2.05) is 0 Å². The third kappa shape index (κ3) is 4.42.